The van der Waals surface area contributed by atoms with Gasteiger partial charge < -0.3 is 0 Å². The van der Waals surface area contributed by atoms with E-state index in [0.717, 1.165) is 24.5 Å². The van der Waals surface area contributed by atoms with E-state index >= 15 is 0 Å². The number of nitrogens with one attached hydrogen (secondary N) is 1. The summed E-state index contributed by atoms with van der Waals surface area (Å²) in [6.07, 6.45) is 1.73. The first-order valence-corrected chi connectivity index (χ1v) is 11.0. The first-order chi connectivity index (χ1) is 12.5. The molecule has 0 unspecified atom stereocenters. The third kappa shape index (κ3) is 3.57. The summed E-state index contributed by atoms with van der Waals surface area (Å²) in [6, 6.07) is 17.7. The molecule has 8 heteroatoms. The number of sulfonamides is 1. The van der Waals surface area contributed by atoms with E-state index in [9.17, 15) is 8.42 Å². The molecule has 2 heterocycles. The maximum absolute atomic E-state index is 12.6. The number of nitrogens with zero attached hydrogens (tertiary/aromatic N) is 2. The molecule has 4 aromatic rings. The standard InChI is InChI=1S/C18H12IN3O2S2/c19-13-6-8-15(9-7-13)26(23,24)22-14-4-1-3-12(11-14)17-21-16-5-2-10-20-18(16)25-17/h1-11,22H. The average Bonchev–Trinajstić information content (AvgIpc) is 3.06. The van der Waals surface area contributed by atoms with E-state index in [0.29, 0.717) is 5.69 Å². The van der Waals surface area contributed by atoms with Crippen LogP contribution in [0.4, 0.5) is 5.69 Å². The third-order valence-corrected chi connectivity index (χ3v) is 6.80. The zero-order chi connectivity index (χ0) is 18.1. The number of fused-ring (bicyclic) bond motifs is 1. The molecule has 0 saturated heterocycles. The molecule has 4 rings (SSSR count). The molecule has 0 spiro atoms. The lowest BCUT2D eigenvalue weighted by atomic mass is 10.2. The Labute approximate surface area is 168 Å². The van der Waals surface area contributed by atoms with Crippen LogP contribution in [0.25, 0.3) is 20.9 Å². The highest BCUT2D eigenvalue weighted by Gasteiger charge is 2.15. The molecular formula is C18H12IN3O2S2. The van der Waals surface area contributed by atoms with Crippen molar-refractivity contribution in [2.75, 3.05) is 4.72 Å². The Hall–Kier alpha value is -2.04. The van der Waals surface area contributed by atoms with Crippen molar-refractivity contribution >= 4 is 60.0 Å². The molecule has 0 aliphatic heterocycles. The Morgan fingerprint density at radius 2 is 1.81 bits per heavy atom. The van der Waals surface area contributed by atoms with Crippen LogP contribution in [-0.4, -0.2) is 18.4 Å². The molecule has 2 aromatic carbocycles. The monoisotopic (exact) mass is 493 g/mol. The van der Waals surface area contributed by atoms with Crippen molar-refractivity contribution in [3.63, 3.8) is 0 Å². The number of thiazole rings is 1. The second-order valence-electron chi connectivity index (χ2n) is 5.49. The fraction of sp³-hybridized carbons (Fsp3) is 0. The summed E-state index contributed by atoms with van der Waals surface area (Å²) in [6.45, 7) is 0. The maximum atomic E-state index is 12.6. The highest BCUT2D eigenvalue weighted by atomic mass is 127. The lowest BCUT2D eigenvalue weighted by molar-refractivity contribution is 0.601. The zero-order valence-electron chi connectivity index (χ0n) is 13.3. The predicted molar refractivity (Wildman–Crippen MR) is 113 cm³/mol. The van der Waals surface area contributed by atoms with Crippen LogP contribution in [0.2, 0.25) is 0 Å². The van der Waals surface area contributed by atoms with Crippen LogP contribution >= 0.6 is 33.9 Å². The van der Waals surface area contributed by atoms with Gasteiger partial charge in [0, 0.05) is 21.0 Å². The summed E-state index contributed by atoms with van der Waals surface area (Å²) in [5, 5.41) is 0.800. The van der Waals surface area contributed by atoms with Gasteiger partial charge in [0.05, 0.1) is 4.90 Å². The number of halogens is 1. The van der Waals surface area contributed by atoms with Gasteiger partial charge in [0.25, 0.3) is 10.0 Å². The number of anilines is 1. The second-order valence-corrected chi connectivity index (χ2v) is 9.39. The van der Waals surface area contributed by atoms with Gasteiger partial charge in [0.2, 0.25) is 0 Å². The van der Waals surface area contributed by atoms with E-state index < -0.39 is 10.0 Å². The Kier molecular flexibility index (Phi) is 4.63. The fourth-order valence-electron chi connectivity index (χ4n) is 2.44. The summed E-state index contributed by atoms with van der Waals surface area (Å²) >= 11 is 3.61. The first kappa shape index (κ1) is 17.4. The Morgan fingerprint density at radius 1 is 1.00 bits per heavy atom. The average molecular weight is 493 g/mol. The van der Waals surface area contributed by atoms with Gasteiger partial charge in [-0.1, -0.05) is 23.5 Å². The molecule has 0 amide bonds. The van der Waals surface area contributed by atoms with E-state index in [-0.39, 0.29) is 4.90 Å². The smallest absolute Gasteiger partial charge is 0.261 e. The molecule has 1 N–H and O–H groups in total. The quantitative estimate of drug-likeness (QED) is 0.416. The fourth-order valence-corrected chi connectivity index (χ4v) is 4.75. The van der Waals surface area contributed by atoms with Gasteiger partial charge in [0.1, 0.15) is 15.4 Å². The van der Waals surface area contributed by atoms with Crippen molar-refractivity contribution in [3.8, 4) is 10.6 Å². The molecule has 26 heavy (non-hydrogen) atoms. The highest BCUT2D eigenvalue weighted by Crippen LogP contribution is 2.30. The van der Waals surface area contributed by atoms with E-state index in [2.05, 4.69) is 37.3 Å². The molecule has 0 radical (unpaired) electrons. The second kappa shape index (κ2) is 6.93. The summed E-state index contributed by atoms with van der Waals surface area (Å²) in [4.78, 5) is 9.95. The lowest BCUT2D eigenvalue weighted by Gasteiger charge is -2.09. The molecule has 5 nitrogen and oxygen atoms in total. The molecule has 2 aromatic heterocycles. The van der Waals surface area contributed by atoms with Gasteiger partial charge in [-0.3, -0.25) is 4.72 Å². The van der Waals surface area contributed by atoms with Crippen molar-refractivity contribution < 1.29 is 8.42 Å². The van der Waals surface area contributed by atoms with Gasteiger partial charge in [0.15, 0.2) is 0 Å². The molecule has 0 bridgehead atoms. The van der Waals surface area contributed by atoms with Crippen LogP contribution in [0.15, 0.2) is 71.8 Å². The molecule has 0 fully saturated rings. The number of benzene rings is 2. The van der Waals surface area contributed by atoms with Crippen molar-refractivity contribution in [1.29, 1.82) is 0 Å². The Morgan fingerprint density at radius 3 is 2.58 bits per heavy atom. The topological polar surface area (TPSA) is 72.0 Å². The minimum atomic E-state index is -3.64. The number of aromatic nitrogens is 2. The lowest BCUT2D eigenvalue weighted by Crippen LogP contribution is -2.12. The zero-order valence-corrected chi connectivity index (χ0v) is 17.0. The minimum Gasteiger partial charge on any atom is -0.280 e. The van der Waals surface area contributed by atoms with Gasteiger partial charge in [-0.05, 0) is 71.1 Å². The summed E-state index contributed by atoms with van der Waals surface area (Å²) in [5.74, 6) is 0. The van der Waals surface area contributed by atoms with Crippen LogP contribution < -0.4 is 4.72 Å². The van der Waals surface area contributed by atoms with Crippen LogP contribution in [0, 0.1) is 3.57 Å². The number of hydrogen-bond acceptors (Lipinski definition) is 5. The number of rotatable bonds is 4. The number of pyridine rings is 1. The van der Waals surface area contributed by atoms with E-state index in [4.69, 9.17) is 0 Å². The SMILES string of the molecule is O=S(=O)(Nc1cccc(-c2nc3cccnc3s2)c1)c1ccc(I)cc1. The van der Waals surface area contributed by atoms with Gasteiger partial charge in [-0.2, -0.15) is 0 Å². The van der Waals surface area contributed by atoms with E-state index in [1.807, 2.05) is 18.2 Å². The Balaban J connectivity index is 1.66. The molecule has 130 valence electrons. The van der Waals surface area contributed by atoms with Crippen LogP contribution in [0.5, 0.6) is 0 Å². The van der Waals surface area contributed by atoms with Crippen molar-refractivity contribution in [2.45, 2.75) is 4.90 Å². The van der Waals surface area contributed by atoms with E-state index in [1.54, 1.807) is 48.7 Å². The van der Waals surface area contributed by atoms with Crippen LogP contribution in [0.3, 0.4) is 0 Å². The maximum Gasteiger partial charge on any atom is 0.261 e. The summed E-state index contributed by atoms with van der Waals surface area (Å²) in [7, 11) is -3.64. The van der Waals surface area contributed by atoms with Gasteiger partial charge in [-0.25, -0.2) is 18.4 Å². The van der Waals surface area contributed by atoms with Crippen LogP contribution in [0.1, 0.15) is 0 Å². The largest absolute Gasteiger partial charge is 0.280 e. The molecule has 0 aliphatic carbocycles. The van der Waals surface area contributed by atoms with E-state index in [1.165, 1.54) is 11.3 Å². The molecule has 0 aliphatic rings. The van der Waals surface area contributed by atoms with Crippen molar-refractivity contribution in [2.24, 2.45) is 0 Å². The predicted octanol–water partition coefficient (Wildman–Crippen LogP) is 4.76. The Bertz CT molecular complexity index is 1160. The van der Waals surface area contributed by atoms with Gasteiger partial charge in [-0.15, -0.1) is 0 Å². The molecular weight excluding hydrogens is 481 g/mol. The number of hydrogen-bond donors (Lipinski definition) is 1. The van der Waals surface area contributed by atoms with Gasteiger partial charge >= 0.3 is 0 Å². The van der Waals surface area contributed by atoms with Crippen LogP contribution in [-0.2, 0) is 10.0 Å². The highest BCUT2D eigenvalue weighted by molar-refractivity contribution is 14.1. The molecule has 0 saturated carbocycles. The normalized spacial score (nSPS) is 11.6. The summed E-state index contributed by atoms with van der Waals surface area (Å²) in [5.41, 5.74) is 2.17. The van der Waals surface area contributed by atoms with Crippen molar-refractivity contribution in [1.82, 2.24) is 9.97 Å². The summed E-state index contributed by atoms with van der Waals surface area (Å²) < 4.78 is 28.7. The minimum absolute atomic E-state index is 0.229. The first-order valence-electron chi connectivity index (χ1n) is 7.62. The molecule has 0 atom stereocenters. The van der Waals surface area contributed by atoms with Crippen molar-refractivity contribution in [3.05, 3.63) is 70.4 Å². The third-order valence-electron chi connectivity index (χ3n) is 3.65.